The zero-order valence-electron chi connectivity index (χ0n) is 24.8. The molecule has 40 heavy (non-hydrogen) atoms. The Morgan fingerprint density at radius 2 is 1.52 bits per heavy atom. The normalized spacial score (nSPS) is 19.3. The lowest BCUT2D eigenvalue weighted by atomic mass is 9.89. The molecule has 0 atom stereocenters. The van der Waals surface area contributed by atoms with E-state index in [1.807, 2.05) is 30.9 Å². The first-order valence-corrected chi connectivity index (χ1v) is 17.0. The number of aliphatic imine (C=N–C) groups is 1. The van der Waals surface area contributed by atoms with Crippen molar-refractivity contribution >= 4 is 27.7 Å². The third-order valence-electron chi connectivity index (χ3n) is 8.94. The molecule has 3 aliphatic rings. The molecule has 3 heterocycles. The Kier molecular flexibility index (Phi) is 10.4. The van der Waals surface area contributed by atoms with Crippen LogP contribution >= 0.6 is 0 Å². The van der Waals surface area contributed by atoms with Crippen molar-refractivity contribution < 1.29 is 18.0 Å². The van der Waals surface area contributed by atoms with Crippen molar-refractivity contribution in [2.75, 3.05) is 31.9 Å². The van der Waals surface area contributed by atoms with Crippen molar-refractivity contribution in [3.63, 3.8) is 0 Å². The first-order chi connectivity index (χ1) is 19.1. The van der Waals surface area contributed by atoms with Crippen LogP contribution in [0.25, 0.3) is 0 Å². The van der Waals surface area contributed by atoms with E-state index in [0.29, 0.717) is 37.9 Å². The number of nitrogens with one attached hydrogen (secondary N) is 1. The van der Waals surface area contributed by atoms with E-state index in [1.54, 1.807) is 0 Å². The number of nitrogens with zero attached hydrogens (tertiary/aromatic N) is 3. The second kappa shape index (κ2) is 13.6. The van der Waals surface area contributed by atoms with Crippen LogP contribution in [0, 0.1) is 13.8 Å². The van der Waals surface area contributed by atoms with Gasteiger partial charge in [-0.3, -0.25) is 14.6 Å². The number of unbranched alkanes of at least 4 members (excludes halogenated alkanes) is 6. The minimum atomic E-state index is -3.48. The van der Waals surface area contributed by atoms with Crippen LogP contribution < -0.4 is 5.32 Å². The van der Waals surface area contributed by atoms with Crippen molar-refractivity contribution in [2.45, 2.75) is 110 Å². The fraction of sp³-hybridized carbons (Fsp3) is 0.710. The summed E-state index contributed by atoms with van der Waals surface area (Å²) < 4.78 is 28.1. The monoisotopic (exact) mass is 572 g/mol. The zero-order chi connectivity index (χ0) is 28.8. The van der Waals surface area contributed by atoms with E-state index in [0.717, 1.165) is 67.7 Å². The summed E-state index contributed by atoms with van der Waals surface area (Å²) in [6.45, 7) is 8.38. The third kappa shape index (κ3) is 7.32. The van der Waals surface area contributed by atoms with Crippen molar-refractivity contribution in [1.82, 2.24) is 14.5 Å². The summed E-state index contributed by atoms with van der Waals surface area (Å²) in [5.41, 5.74) is 2.78. The molecule has 0 saturated carbocycles. The predicted octanol–water partition coefficient (Wildman–Crippen LogP) is 4.92. The van der Waals surface area contributed by atoms with Gasteiger partial charge in [-0.2, -0.15) is 0 Å². The van der Waals surface area contributed by atoms with Crippen LogP contribution in [0.3, 0.4) is 0 Å². The van der Waals surface area contributed by atoms with Crippen molar-refractivity contribution in [2.24, 2.45) is 4.99 Å². The Morgan fingerprint density at radius 3 is 2.15 bits per heavy atom. The molecular weight excluding hydrogens is 524 g/mol. The summed E-state index contributed by atoms with van der Waals surface area (Å²) in [7, 11) is -3.48. The average molecular weight is 573 g/mol. The fourth-order valence-electron chi connectivity index (χ4n) is 6.40. The van der Waals surface area contributed by atoms with Gasteiger partial charge in [0.15, 0.2) is 0 Å². The lowest BCUT2D eigenvalue weighted by Gasteiger charge is -2.34. The van der Waals surface area contributed by atoms with Crippen LogP contribution in [0.15, 0.2) is 17.1 Å². The van der Waals surface area contributed by atoms with Crippen LogP contribution in [0.2, 0.25) is 0 Å². The highest BCUT2D eigenvalue weighted by Crippen LogP contribution is 2.32. The lowest BCUT2D eigenvalue weighted by Crippen LogP contribution is -2.50. The van der Waals surface area contributed by atoms with E-state index in [9.17, 15) is 18.0 Å². The van der Waals surface area contributed by atoms with Gasteiger partial charge >= 0.3 is 0 Å². The highest BCUT2D eigenvalue weighted by Gasteiger charge is 2.47. The van der Waals surface area contributed by atoms with Gasteiger partial charge in [0.05, 0.1) is 5.75 Å². The van der Waals surface area contributed by atoms with Gasteiger partial charge in [0.25, 0.3) is 11.8 Å². The molecule has 0 aliphatic carbocycles. The summed E-state index contributed by atoms with van der Waals surface area (Å²) in [6.07, 6.45) is 12.6. The van der Waals surface area contributed by atoms with Gasteiger partial charge < -0.3 is 10.2 Å². The maximum Gasteiger partial charge on any atom is 0.253 e. The average Bonchev–Trinajstić information content (AvgIpc) is 3.56. The fourth-order valence-corrected chi connectivity index (χ4v) is 7.86. The molecule has 4 rings (SSSR count). The number of aryl methyl sites for hydroxylation is 2. The summed E-state index contributed by atoms with van der Waals surface area (Å²) in [5, 5.41) is 2.98. The lowest BCUT2D eigenvalue weighted by molar-refractivity contribution is -0.124. The van der Waals surface area contributed by atoms with Gasteiger partial charge in [-0.15, -0.1) is 0 Å². The second-order valence-corrected chi connectivity index (χ2v) is 14.1. The molecular formula is C31H48N4O4S. The van der Waals surface area contributed by atoms with E-state index in [1.165, 1.54) is 36.4 Å². The van der Waals surface area contributed by atoms with Crippen LogP contribution in [-0.2, 0) is 21.2 Å². The number of piperidine rings is 1. The summed E-state index contributed by atoms with van der Waals surface area (Å²) in [4.78, 5) is 32.4. The summed E-state index contributed by atoms with van der Waals surface area (Å²) >= 11 is 0. The van der Waals surface area contributed by atoms with E-state index >= 15 is 0 Å². The SMILES string of the molecule is CCCCCCCCCC1=NC2(CCN(S(=O)(=O)CCc3c(C)cc(C(=O)N4CCCC4)cc3C)CC2)C(=O)N1. The van der Waals surface area contributed by atoms with E-state index < -0.39 is 15.6 Å². The van der Waals surface area contributed by atoms with Crippen molar-refractivity contribution in [3.05, 3.63) is 34.4 Å². The molecule has 2 fully saturated rings. The molecule has 0 unspecified atom stereocenters. The molecule has 9 heteroatoms. The topological polar surface area (TPSA) is 99.2 Å². The number of carbonyl (C=O) groups is 2. The van der Waals surface area contributed by atoms with Gasteiger partial charge in [0, 0.05) is 38.2 Å². The Bertz CT molecular complexity index is 1170. The molecule has 0 bridgehead atoms. The van der Waals surface area contributed by atoms with Crippen LogP contribution in [0.1, 0.15) is 111 Å². The standard InChI is InChI=1S/C31H48N4O4S/c1-4-5-6-7-8-9-10-13-28-32-30(37)31(33-28)15-19-35(20-16-31)40(38,39)21-14-27-24(2)22-26(23-25(27)3)29(36)34-17-11-12-18-34/h22-23H,4-21H2,1-3H3,(H,32,33,37). The number of likely N-dealkylation sites (tertiary alicyclic amines) is 1. The van der Waals surface area contributed by atoms with Crippen molar-refractivity contribution in [3.8, 4) is 0 Å². The molecule has 1 aromatic carbocycles. The third-order valence-corrected chi connectivity index (χ3v) is 10.8. The Balaban J connectivity index is 1.28. The number of rotatable bonds is 13. The molecule has 0 aromatic heterocycles. The first-order valence-electron chi connectivity index (χ1n) is 15.4. The van der Waals surface area contributed by atoms with Crippen LogP contribution in [-0.4, -0.2) is 72.7 Å². The molecule has 3 aliphatic heterocycles. The molecule has 1 spiro atoms. The molecule has 1 aromatic rings. The van der Waals surface area contributed by atoms with Gasteiger partial charge in [0.2, 0.25) is 10.0 Å². The summed E-state index contributed by atoms with van der Waals surface area (Å²) in [6, 6.07) is 3.81. The number of sulfonamides is 1. The molecule has 0 radical (unpaired) electrons. The van der Waals surface area contributed by atoms with Gasteiger partial charge in [0.1, 0.15) is 11.4 Å². The molecule has 1 N–H and O–H groups in total. The van der Waals surface area contributed by atoms with Gasteiger partial charge in [-0.1, -0.05) is 45.4 Å². The number of benzene rings is 1. The van der Waals surface area contributed by atoms with Gasteiger partial charge in [-0.05, 0) is 81.2 Å². The number of hydrogen-bond donors (Lipinski definition) is 1. The minimum Gasteiger partial charge on any atom is -0.339 e. The number of carbonyl (C=O) groups excluding carboxylic acids is 2. The van der Waals surface area contributed by atoms with E-state index in [4.69, 9.17) is 4.99 Å². The summed E-state index contributed by atoms with van der Waals surface area (Å²) in [5.74, 6) is 0.777. The second-order valence-electron chi connectivity index (χ2n) is 12.0. The predicted molar refractivity (Wildman–Crippen MR) is 160 cm³/mol. The van der Waals surface area contributed by atoms with E-state index in [2.05, 4.69) is 12.2 Å². The van der Waals surface area contributed by atoms with Crippen LogP contribution in [0.5, 0.6) is 0 Å². The molecule has 2 amide bonds. The van der Waals surface area contributed by atoms with E-state index in [-0.39, 0.29) is 17.6 Å². The van der Waals surface area contributed by atoms with Gasteiger partial charge in [-0.25, -0.2) is 12.7 Å². The quantitative estimate of drug-likeness (QED) is 0.339. The molecule has 2 saturated heterocycles. The molecule has 8 nitrogen and oxygen atoms in total. The Labute approximate surface area is 241 Å². The Morgan fingerprint density at radius 1 is 0.925 bits per heavy atom. The first kappa shape index (κ1) is 30.7. The number of amides is 2. The van der Waals surface area contributed by atoms with Crippen LogP contribution in [0.4, 0.5) is 0 Å². The smallest absolute Gasteiger partial charge is 0.253 e. The molecule has 222 valence electrons. The number of hydrogen-bond acceptors (Lipinski definition) is 5. The maximum absolute atomic E-state index is 13.3. The zero-order valence-corrected chi connectivity index (χ0v) is 25.6. The maximum atomic E-state index is 13.3. The highest BCUT2D eigenvalue weighted by molar-refractivity contribution is 7.89. The minimum absolute atomic E-state index is 0.0140. The Hall–Kier alpha value is -2.26. The largest absolute Gasteiger partial charge is 0.339 e. The highest BCUT2D eigenvalue weighted by atomic mass is 32.2. The number of amidine groups is 1. The van der Waals surface area contributed by atoms with Crippen molar-refractivity contribution in [1.29, 1.82) is 0 Å².